The number of nitrogens with zero attached hydrogens (tertiary/aromatic N) is 3. The number of thiazole rings is 1. The average molecular weight is 453 g/mol. The molecule has 0 aliphatic rings. The van der Waals surface area contributed by atoms with E-state index in [9.17, 15) is 14.0 Å². The first kappa shape index (κ1) is 21.7. The van der Waals surface area contributed by atoms with Crippen LogP contribution in [0, 0.1) is 5.82 Å². The van der Waals surface area contributed by atoms with Crippen LogP contribution in [-0.2, 0) is 9.53 Å². The topological polar surface area (TPSA) is 118 Å². The molecule has 9 nitrogen and oxygen atoms in total. The molecule has 1 aromatic carbocycles. The van der Waals surface area contributed by atoms with Crippen molar-refractivity contribution in [2.45, 2.75) is 33.3 Å². The molecule has 0 bridgehead atoms. The van der Waals surface area contributed by atoms with Gasteiger partial charge >= 0.3 is 6.09 Å². The van der Waals surface area contributed by atoms with Gasteiger partial charge in [0.25, 0.3) is 0 Å². The quantitative estimate of drug-likeness (QED) is 0.513. The molecule has 0 saturated carbocycles. The highest BCUT2D eigenvalue weighted by Crippen LogP contribution is 2.31. The van der Waals surface area contributed by atoms with Crippen molar-refractivity contribution in [1.82, 2.24) is 15.0 Å². The van der Waals surface area contributed by atoms with Crippen LogP contribution < -0.4 is 16.0 Å². The Morgan fingerprint density at radius 1 is 1.17 bits per heavy atom. The van der Waals surface area contributed by atoms with Crippen LogP contribution in [0.15, 0.2) is 18.3 Å². The van der Waals surface area contributed by atoms with Crippen LogP contribution in [0.3, 0.4) is 0 Å². The molecule has 0 fully saturated rings. The van der Waals surface area contributed by atoms with E-state index in [0.29, 0.717) is 15.5 Å². The number of carbonyl (C=O) groups excluding carboxylic acids is 2. The Morgan fingerprint density at radius 3 is 2.57 bits per heavy atom. The van der Waals surface area contributed by atoms with Gasteiger partial charge < -0.3 is 15.4 Å². The molecule has 0 saturated heterocycles. The number of nitrogens with one attached hydrogen (secondary N) is 3. The average Bonchev–Trinajstić information content (AvgIpc) is 2.98. The molecule has 3 aromatic rings. The van der Waals surface area contributed by atoms with Gasteiger partial charge in [-0.15, -0.1) is 0 Å². The zero-order valence-corrected chi connectivity index (χ0v) is 18.0. The van der Waals surface area contributed by atoms with Crippen molar-refractivity contribution in [1.29, 1.82) is 0 Å². The second-order valence-corrected chi connectivity index (χ2v) is 8.53. The zero-order chi connectivity index (χ0) is 22.1. The molecule has 2 heterocycles. The normalized spacial score (nSPS) is 11.3. The third kappa shape index (κ3) is 5.51. The lowest BCUT2D eigenvalue weighted by Crippen LogP contribution is -2.27. The van der Waals surface area contributed by atoms with E-state index in [1.807, 2.05) is 0 Å². The van der Waals surface area contributed by atoms with Gasteiger partial charge in [0.15, 0.2) is 9.96 Å². The van der Waals surface area contributed by atoms with Crippen LogP contribution in [0.25, 0.3) is 10.3 Å². The molecule has 0 aliphatic heterocycles. The number of ether oxygens (including phenoxy) is 1. The zero-order valence-electron chi connectivity index (χ0n) is 16.5. The second kappa shape index (κ2) is 8.36. The Morgan fingerprint density at radius 2 is 1.90 bits per heavy atom. The molecule has 3 N–H and O–H groups in total. The molecular weight excluding hydrogens is 435 g/mol. The molecule has 30 heavy (non-hydrogen) atoms. The summed E-state index contributed by atoms with van der Waals surface area (Å²) in [5.41, 5.74) is -0.0767. The van der Waals surface area contributed by atoms with Crippen molar-refractivity contribution in [2.75, 3.05) is 16.0 Å². The van der Waals surface area contributed by atoms with Crippen molar-refractivity contribution < 1.29 is 18.7 Å². The number of aromatic nitrogens is 3. The summed E-state index contributed by atoms with van der Waals surface area (Å²) < 4.78 is 19.4. The first-order chi connectivity index (χ1) is 14.0. The predicted molar refractivity (Wildman–Crippen MR) is 114 cm³/mol. The summed E-state index contributed by atoms with van der Waals surface area (Å²) in [6, 6.07) is 2.36. The maximum Gasteiger partial charge on any atom is 0.412 e. The van der Waals surface area contributed by atoms with Crippen LogP contribution in [0.5, 0.6) is 0 Å². The van der Waals surface area contributed by atoms with E-state index in [4.69, 9.17) is 16.3 Å². The first-order valence-electron chi connectivity index (χ1n) is 8.67. The minimum atomic E-state index is -0.803. The van der Waals surface area contributed by atoms with Crippen molar-refractivity contribution in [3.05, 3.63) is 29.2 Å². The smallest absolute Gasteiger partial charge is 0.412 e. The molecule has 0 unspecified atom stereocenters. The highest BCUT2D eigenvalue weighted by Gasteiger charge is 2.19. The van der Waals surface area contributed by atoms with Crippen LogP contribution in [-0.4, -0.2) is 32.6 Å². The molecule has 0 aliphatic carbocycles. The van der Waals surface area contributed by atoms with Crippen LogP contribution in [0.2, 0.25) is 5.02 Å². The van der Waals surface area contributed by atoms with Crippen molar-refractivity contribution in [2.24, 2.45) is 0 Å². The van der Waals surface area contributed by atoms with Crippen molar-refractivity contribution >= 4 is 67.7 Å². The maximum absolute atomic E-state index is 14.2. The molecule has 3 rings (SSSR count). The Labute approximate surface area is 180 Å². The highest BCUT2D eigenvalue weighted by atomic mass is 35.5. The Balaban J connectivity index is 1.83. The lowest BCUT2D eigenvalue weighted by atomic mass is 10.2. The molecule has 2 amide bonds. The Kier molecular flexibility index (Phi) is 6.04. The molecular formula is C18H18ClFN6O3S. The van der Waals surface area contributed by atoms with Gasteiger partial charge in [-0.05, 0) is 32.9 Å². The summed E-state index contributed by atoms with van der Waals surface area (Å²) in [4.78, 5) is 36.3. The van der Waals surface area contributed by atoms with Gasteiger partial charge in [-0.2, -0.15) is 4.98 Å². The fourth-order valence-corrected chi connectivity index (χ4v) is 3.33. The second-order valence-electron chi connectivity index (χ2n) is 7.15. The number of halogens is 2. The maximum atomic E-state index is 14.2. The van der Waals surface area contributed by atoms with Gasteiger partial charge in [-0.1, -0.05) is 22.9 Å². The van der Waals surface area contributed by atoms with E-state index in [-0.39, 0.29) is 28.3 Å². The molecule has 2 aromatic heterocycles. The van der Waals surface area contributed by atoms with E-state index in [2.05, 4.69) is 30.9 Å². The summed E-state index contributed by atoms with van der Waals surface area (Å²) in [6.07, 6.45) is 0.673. The molecule has 0 spiro atoms. The summed E-state index contributed by atoms with van der Waals surface area (Å²) >= 11 is 7.29. The first-order valence-corrected chi connectivity index (χ1v) is 9.87. The van der Waals surface area contributed by atoms with Gasteiger partial charge in [-0.25, -0.2) is 19.2 Å². The largest absolute Gasteiger partial charge is 0.444 e. The minimum Gasteiger partial charge on any atom is -0.444 e. The van der Waals surface area contributed by atoms with E-state index in [1.165, 1.54) is 30.5 Å². The third-order valence-corrected chi connectivity index (χ3v) is 4.57. The summed E-state index contributed by atoms with van der Waals surface area (Å²) in [6.45, 7) is 6.47. The van der Waals surface area contributed by atoms with Gasteiger partial charge in [0.1, 0.15) is 16.9 Å². The number of hydrogen-bond acceptors (Lipinski definition) is 8. The van der Waals surface area contributed by atoms with Gasteiger partial charge in [0.2, 0.25) is 11.9 Å². The third-order valence-electron chi connectivity index (χ3n) is 3.37. The molecule has 12 heteroatoms. The number of benzene rings is 1. The van der Waals surface area contributed by atoms with Crippen molar-refractivity contribution in [3.8, 4) is 0 Å². The predicted octanol–water partition coefficient (Wildman–Crippen LogP) is 4.93. The van der Waals surface area contributed by atoms with E-state index in [1.54, 1.807) is 20.8 Å². The Hall–Kier alpha value is -3.05. The van der Waals surface area contributed by atoms with Crippen LogP contribution in [0.4, 0.5) is 31.6 Å². The number of anilines is 4. The fraction of sp³-hybridized carbons (Fsp3) is 0.278. The standard InChI is InChI=1S/C18H18ClFN6O3S/c1-8(27)22-16-24-13-7-21-15(26-14(13)30-16)23-11-6-12(10(20)5-9(11)19)25-17(28)29-18(2,3)4/h5-7H,1-4H3,(H,25,28)(H,21,23,26)(H,22,24,27). The van der Waals surface area contributed by atoms with E-state index in [0.717, 1.165) is 6.07 Å². The molecule has 0 radical (unpaired) electrons. The number of fused-ring (bicyclic) bond motifs is 1. The van der Waals surface area contributed by atoms with Gasteiger partial charge in [-0.3, -0.25) is 10.1 Å². The van der Waals surface area contributed by atoms with E-state index >= 15 is 0 Å². The monoisotopic (exact) mass is 452 g/mol. The van der Waals surface area contributed by atoms with Crippen LogP contribution in [0.1, 0.15) is 27.7 Å². The number of carbonyl (C=O) groups is 2. The number of amides is 2. The van der Waals surface area contributed by atoms with E-state index < -0.39 is 17.5 Å². The van der Waals surface area contributed by atoms with Crippen LogP contribution >= 0.6 is 22.9 Å². The summed E-state index contributed by atoms with van der Waals surface area (Å²) in [5, 5.41) is 8.28. The number of rotatable bonds is 4. The molecule has 158 valence electrons. The lowest BCUT2D eigenvalue weighted by molar-refractivity contribution is -0.114. The van der Waals surface area contributed by atoms with Crippen molar-refractivity contribution in [3.63, 3.8) is 0 Å². The van der Waals surface area contributed by atoms with Gasteiger partial charge in [0.05, 0.1) is 22.6 Å². The highest BCUT2D eigenvalue weighted by molar-refractivity contribution is 7.21. The lowest BCUT2D eigenvalue weighted by Gasteiger charge is -2.20. The fourth-order valence-electron chi connectivity index (χ4n) is 2.27. The summed E-state index contributed by atoms with van der Waals surface area (Å²) in [7, 11) is 0. The SMILES string of the molecule is CC(=O)Nc1nc2cnc(Nc3cc(NC(=O)OC(C)(C)C)c(F)cc3Cl)nc2s1. The Bertz CT molecular complexity index is 1130. The van der Waals surface area contributed by atoms with Gasteiger partial charge in [0, 0.05) is 6.92 Å². The minimum absolute atomic E-state index is 0.0641. The molecule has 0 atom stereocenters. The number of hydrogen-bond donors (Lipinski definition) is 3. The summed E-state index contributed by atoms with van der Waals surface area (Å²) in [5.74, 6) is -0.795.